The summed E-state index contributed by atoms with van der Waals surface area (Å²) in [4.78, 5) is 13.2. The van der Waals surface area contributed by atoms with Crippen LogP contribution in [0.15, 0.2) is 12.1 Å². The van der Waals surface area contributed by atoms with Gasteiger partial charge in [-0.1, -0.05) is 31.0 Å². The quantitative estimate of drug-likeness (QED) is 0.679. The molecule has 23 heavy (non-hydrogen) atoms. The second-order valence-corrected chi connectivity index (χ2v) is 11.8. The third-order valence-corrected chi connectivity index (χ3v) is 11.0. The molecular weight excluding hydrogens is 301 g/mol. The zero-order chi connectivity index (χ0) is 17.0. The summed E-state index contributed by atoms with van der Waals surface area (Å²) in [7, 11) is -1.10. The largest absolute Gasteiger partial charge is 0.322 e. The summed E-state index contributed by atoms with van der Waals surface area (Å²) >= 11 is 0. The van der Waals surface area contributed by atoms with E-state index in [0.717, 1.165) is 18.5 Å². The Morgan fingerprint density at radius 1 is 1.13 bits per heavy atom. The Morgan fingerprint density at radius 2 is 1.70 bits per heavy atom. The molecule has 1 heterocycles. The van der Waals surface area contributed by atoms with Crippen LogP contribution in [0.2, 0.25) is 0 Å². The number of amides is 1. The van der Waals surface area contributed by atoms with Crippen LogP contribution in [-0.4, -0.2) is 30.1 Å². The van der Waals surface area contributed by atoms with Gasteiger partial charge in [-0.2, -0.15) is 0 Å². The zero-order valence-electron chi connectivity index (χ0n) is 15.5. The summed E-state index contributed by atoms with van der Waals surface area (Å²) in [5.41, 5.74) is 4.93. The van der Waals surface area contributed by atoms with E-state index in [0.29, 0.717) is 5.91 Å². The Hall–Kier alpha value is -0.880. The maximum atomic E-state index is 13.2. The Labute approximate surface area is 142 Å². The van der Waals surface area contributed by atoms with Gasteiger partial charge in [0.25, 0.3) is 5.91 Å². The van der Waals surface area contributed by atoms with Crippen molar-refractivity contribution in [3.63, 3.8) is 0 Å². The molecule has 2 nitrogen and oxygen atoms in total. The molecular formula is C20H33NOP+. The van der Waals surface area contributed by atoms with Crippen LogP contribution in [-0.2, 0) is 4.79 Å². The number of hydrogen-bond donors (Lipinski definition) is 1. The fraction of sp³-hybridized carbons (Fsp3) is 0.650. The minimum absolute atomic E-state index is 0.264. The summed E-state index contributed by atoms with van der Waals surface area (Å²) in [6, 6.07) is 4.33. The molecule has 1 atom stereocenters. The van der Waals surface area contributed by atoms with Gasteiger partial charge >= 0.3 is 0 Å². The molecule has 1 aromatic carbocycles. The topological polar surface area (TPSA) is 29.1 Å². The molecule has 0 bridgehead atoms. The van der Waals surface area contributed by atoms with Gasteiger partial charge in [0.1, 0.15) is 5.66 Å². The van der Waals surface area contributed by atoms with Gasteiger partial charge in [0.15, 0.2) is 0 Å². The summed E-state index contributed by atoms with van der Waals surface area (Å²) in [5.74, 6) is 0.291. The fourth-order valence-corrected chi connectivity index (χ4v) is 9.32. The molecule has 1 unspecified atom stereocenters. The van der Waals surface area contributed by atoms with Crippen LogP contribution in [0.5, 0.6) is 0 Å². The first-order chi connectivity index (χ1) is 10.9. The van der Waals surface area contributed by atoms with E-state index in [1.54, 1.807) is 0 Å². The van der Waals surface area contributed by atoms with Crippen molar-refractivity contribution in [2.24, 2.45) is 0 Å². The number of hydrogen-bond acceptors (Lipinski definition) is 1. The second-order valence-electron chi connectivity index (χ2n) is 7.26. The molecule has 2 rings (SSSR count). The van der Waals surface area contributed by atoms with E-state index in [-0.39, 0.29) is 5.66 Å². The smallest absolute Gasteiger partial charge is 0.265 e. The molecule has 0 spiro atoms. The van der Waals surface area contributed by atoms with E-state index in [1.165, 1.54) is 48.0 Å². The van der Waals surface area contributed by atoms with Crippen LogP contribution in [0.25, 0.3) is 0 Å². The summed E-state index contributed by atoms with van der Waals surface area (Å²) in [5, 5.41) is 3.32. The van der Waals surface area contributed by atoms with Crippen molar-refractivity contribution in [1.29, 1.82) is 0 Å². The van der Waals surface area contributed by atoms with Gasteiger partial charge in [0.2, 0.25) is 0 Å². The molecule has 1 N–H and O–H groups in total. The highest BCUT2D eigenvalue weighted by molar-refractivity contribution is 7.77. The van der Waals surface area contributed by atoms with Crippen LogP contribution >= 0.6 is 7.26 Å². The van der Waals surface area contributed by atoms with Crippen molar-refractivity contribution in [3.05, 3.63) is 28.8 Å². The molecule has 0 radical (unpaired) electrons. The molecule has 0 aliphatic carbocycles. The van der Waals surface area contributed by atoms with Crippen LogP contribution in [0.4, 0.5) is 5.69 Å². The first kappa shape index (κ1) is 18.5. The van der Waals surface area contributed by atoms with Crippen molar-refractivity contribution in [1.82, 2.24) is 0 Å². The molecule has 1 aromatic rings. The van der Waals surface area contributed by atoms with Crippen molar-refractivity contribution in [3.8, 4) is 0 Å². The highest BCUT2D eigenvalue weighted by Crippen LogP contribution is 2.68. The number of carbonyl (C=O) groups excluding carboxylic acids is 1. The standard InChI is InChI=1S/C20H32NOP/c1-6-10-18(23(7-2)11-8-9-12-23)20(22)21-19-16(4)13-15(3)14-17(19)5/h13-14,18H,6-12H2,1-5H3/p+1. The number of nitrogens with one attached hydrogen (secondary N) is 1. The van der Waals surface area contributed by atoms with E-state index in [1.807, 2.05) is 0 Å². The minimum atomic E-state index is -1.10. The first-order valence-corrected chi connectivity index (χ1v) is 11.6. The monoisotopic (exact) mass is 334 g/mol. The van der Waals surface area contributed by atoms with E-state index < -0.39 is 7.26 Å². The van der Waals surface area contributed by atoms with Crippen molar-refractivity contribution >= 4 is 18.9 Å². The van der Waals surface area contributed by atoms with Crippen LogP contribution in [0.3, 0.4) is 0 Å². The average Bonchev–Trinajstić information content (AvgIpc) is 2.98. The predicted molar refractivity (Wildman–Crippen MR) is 104 cm³/mol. The highest BCUT2D eigenvalue weighted by Gasteiger charge is 2.49. The molecule has 1 amide bonds. The Morgan fingerprint density at radius 3 is 2.17 bits per heavy atom. The van der Waals surface area contributed by atoms with Crippen LogP contribution in [0.1, 0.15) is 56.2 Å². The Balaban J connectivity index is 2.25. The van der Waals surface area contributed by atoms with Gasteiger partial charge in [-0.05, 0) is 58.1 Å². The molecule has 1 saturated heterocycles. The number of carbonyl (C=O) groups is 1. The SMILES string of the molecule is CCCC(C(=O)Nc1c(C)cc(C)cc1C)[P+]1(CC)CCCC1. The summed E-state index contributed by atoms with van der Waals surface area (Å²) in [6.45, 7) is 10.8. The second kappa shape index (κ2) is 7.79. The third-order valence-electron chi connectivity index (χ3n) is 5.54. The zero-order valence-corrected chi connectivity index (χ0v) is 16.4. The Bertz CT molecular complexity index is 538. The number of aryl methyl sites for hydroxylation is 3. The minimum Gasteiger partial charge on any atom is -0.322 e. The number of benzene rings is 1. The van der Waals surface area contributed by atoms with E-state index in [2.05, 4.69) is 52.1 Å². The molecule has 128 valence electrons. The highest BCUT2D eigenvalue weighted by atomic mass is 31.2. The maximum absolute atomic E-state index is 13.2. The van der Waals surface area contributed by atoms with Gasteiger partial charge in [0.05, 0.1) is 18.5 Å². The van der Waals surface area contributed by atoms with Gasteiger partial charge in [-0.3, -0.25) is 4.79 Å². The van der Waals surface area contributed by atoms with E-state index in [4.69, 9.17) is 0 Å². The third kappa shape index (κ3) is 3.97. The van der Waals surface area contributed by atoms with Gasteiger partial charge < -0.3 is 5.32 Å². The summed E-state index contributed by atoms with van der Waals surface area (Å²) in [6.07, 6.45) is 8.70. The summed E-state index contributed by atoms with van der Waals surface area (Å²) < 4.78 is 0. The molecule has 1 aliphatic rings. The fourth-order valence-electron chi connectivity index (χ4n) is 4.32. The molecule has 1 aliphatic heterocycles. The lowest BCUT2D eigenvalue weighted by atomic mass is 10.0. The van der Waals surface area contributed by atoms with Crippen LogP contribution < -0.4 is 5.32 Å². The maximum Gasteiger partial charge on any atom is 0.265 e. The van der Waals surface area contributed by atoms with Crippen molar-refractivity contribution in [2.75, 3.05) is 23.8 Å². The van der Waals surface area contributed by atoms with Crippen LogP contribution in [0, 0.1) is 20.8 Å². The molecule has 0 saturated carbocycles. The lowest BCUT2D eigenvalue weighted by molar-refractivity contribution is -0.116. The molecule has 1 fully saturated rings. The lowest BCUT2D eigenvalue weighted by Gasteiger charge is -2.30. The van der Waals surface area contributed by atoms with Crippen molar-refractivity contribution in [2.45, 2.75) is 66.0 Å². The number of rotatable bonds is 6. The predicted octanol–water partition coefficient (Wildman–Crippen LogP) is 5.55. The Kier molecular flexibility index (Phi) is 6.26. The van der Waals surface area contributed by atoms with E-state index >= 15 is 0 Å². The number of anilines is 1. The molecule has 0 aromatic heterocycles. The normalized spacial score (nSPS) is 18.0. The average molecular weight is 334 g/mol. The first-order valence-electron chi connectivity index (χ1n) is 9.18. The van der Waals surface area contributed by atoms with E-state index in [9.17, 15) is 4.79 Å². The lowest BCUT2D eigenvalue weighted by Crippen LogP contribution is -2.32. The molecule has 3 heteroatoms. The van der Waals surface area contributed by atoms with Gasteiger partial charge in [-0.15, -0.1) is 0 Å². The van der Waals surface area contributed by atoms with Gasteiger partial charge in [-0.25, -0.2) is 0 Å². The van der Waals surface area contributed by atoms with Crippen molar-refractivity contribution < 1.29 is 4.79 Å². The van der Waals surface area contributed by atoms with Gasteiger partial charge in [0, 0.05) is 12.9 Å².